The molecule has 2 aliphatic heterocycles. The van der Waals surface area contributed by atoms with Crippen LogP contribution in [0.3, 0.4) is 0 Å². The van der Waals surface area contributed by atoms with Gasteiger partial charge in [-0.15, -0.1) is 0 Å². The molecule has 2 N–H and O–H groups in total. The highest BCUT2D eigenvalue weighted by Gasteiger charge is 2.48. The Balaban J connectivity index is 1.74. The number of rotatable bonds is 1. The van der Waals surface area contributed by atoms with E-state index < -0.39 is 11.6 Å². The maximum Gasteiger partial charge on any atom is 0.322 e. The monoisotopic (exact) mass is 341 g/mol. The van der Waals surface area contributed by atoms with Crippen molar-refractivity contribution in [2.75, 3.05) is 13.1 Å². The van der Waals surface area contributed by atoms with E-state index in [0.29, 0.717) is 41.5 Å². The third-order valence-corrected chi connectivity index (χ3v) is 4.64. The summed E-state index contributed by atoms with van der Waals surface area (Å²) in [4.78, 5) is 37.3. The minimum Gasteiger partial charge on any atom is -0.338 e. The molecule has 0 saturated carbocycles. The van der Waals surface area contributed by atoms with Gasteiger partial charge in [-0.2, -0.15) is 0 Å². The molecule has 6 nitrogen and oxygen atoms in total. The molecular weight excluding hydrogens is 329 g/mol. The van der Waals surface area contributed by atoms with Crippen LogP contribution in [-0.4, -0.2) is 41.4 Å². The van der Waals surface area contributed by atoms with Gasteiger partial charge < -0.3 is 10.2 Å². The first-order valence-electron chi connectivity index (χ1n) is 6.79. The van der Waals surface area contributed by atoms with E-state index in [4.69, 9.17) is 23.2 Å². The smallest absolute Gasteiger partial charge is 0.322 e. The van der Waals surface area contributed by atoms with Gasteiger partial charge in [-0.3, -0.25) is 14.9 Å². The van der Waals surface area contributed by atoms with E-state index in [1.165, 1.54) is 6.07 Å². The predicted octanol–water partition coefficient (Wildman–Crippen LogP) is 1.81. The lowest BCUT2D eigenvalue weighted by Crippen LogP contribution is -2.55. The lowest BCUT2D eigenvalue weighted by atomic mass is 9.87. The van der Waals surface area contributed by atoms with Gasteiger partial charge in [0.05, 0.1) is 10.6 Å². The Hall–Kier alpha value is -1.79. The fraction of sp³-hybridized carbons (Fsp3) is 0.357. The van der Waals surface area contributed by atoms with E-state index in [1.54, 1.807) is 17.0 Å². The van der Waals surface area contributed by atoms with Crippen molar-refractivity contribution >= 4 is 41.0 Å². The first kappa shape index (κ1) is 15.1. The molecule has 22 heavy (non-hydrogen) atoms. The van der Waals surface area contributed by atoms with Gasteiger partial charge in [0.15, 0.2) is 0 Å². The molecule has 1 aromatic carbocycles. The van der Waals surface area contributed by atoms with E-state index in [1.807, 2.05) is 0 Å². The Labute approximate surface area is 136 Å². The van der Waals surface area contributed by atoms with Crippen LogP contribution in [0.25, 0.3) is 0 Å². The van der Waals surface area contributed by atoms with Crippen LogP contribution < -0.4 is 10.6 Å². The molecule has 2 saturated heterocycles. The van der Waals surface area contributed by atoms with Gasteiger partial charge in [0.25, 0.3) is 11.8 Å². The first-order chi connectivity index (χ1) is 10.4. The van der Waals surface area contributed by atoms with Gasteiger partial charge in [-0.25, -0.2) is 4.79 Å². The zero-order valence-corrected chi connectivity index (χ0v) is 13.0. The number of carbonyl (C=O) groups is 3. The third-order valence-electron chi connectivity index (χ3n) is 4.08. The molecule has 1 aromatic rings. The molecule has 0 aliphatic carbocycles. The number of imide groups is 1. The van der Waals surface area contributed by atoms with Crippen molar-refractivity contribution in [3.63, 3.8) is 0 Å². The number of amides is 4. The second-order valence-corrected chi connectivity index (χ2v) is 6.25. The summed E-state index contributed by atoms with van der Waals surface area (Å²) in [6.07, 6.45) is 0.739. The largest absolute Gasteiger partial charge is 0.338 e. The van der Waals surface area contributed by atoms with Gasteiger partial charge in [0.1, 0.15) is 5.54 Å². The summed E-state index contributed by atoms with van der Waals surface area (Å²) < 4.78 is 0. The van der Waals surface area contributed by atoms with Crippen LogP contribution in [0.1, 0.15) is 23.2 Å². The fourth-order valence-electron chi connectivity index (χ4n) is 2.80. The number of nitrogens with zero attached hydrogens (tertiary/aromatic N) is 1. The van der Waals surface area contributed by atoms with E-state index >= 15 is 0 Å². The number of halogens is 2. The molecule has 0 bridgehead atoms. The normalized spacial score (nSPS) is 20.0. The molecule has 2 fully saturated rings. The fourth-order valence-corrected chi connectivity index (χ4v) is 3.17. The Morgan fingerprint density at radius 3 is 2.45 bits per heavy atom. The molecule has 4 amide bonds. The van der Waals surface area contributed by atoms with Crippen LogP contribution in [0.5, 0.6) is 0 Å². The van der Waals surface area contributed by atoms with Gasteiger partial charge in [0, 0.05) is 18.1 Å². The van der Waals surface area contributed by atoms with Crippen LogP contribution in [0.2, 0.25) is 10.0 Å². The number of nitrogens with one attached hydrogen (secondary N) is 2. The minimum atomic E-state index is -0.897. The van der Waals surface area contributed by atoms with E-state index in [2.05, 4.69) is 10.6 Å². The first-order valence-corrected chi connectivity index (χ1v) is 7.55. The lowest BCUT2D eigenvalue weighted by molar-refractivity contribution is -0.125. The Kier molecular flexibility index (Phi) is 3.74. The predicted molar refractivity (Wildman–Crippen MR) is 81.0 cm³/mol. The average molecular weight is 342 g/mol. The third kappa shape index (κ3) is 2.53. The maximum atomic E-state index is 12.5. The van der Waals surface area contributed by atoms with Crippen molar-refractivity contribution in [1.29, 1.82) is 0 Å². The quantitative estimate of drug-likeness (QED) is 0.764. The summed E-state index contributed by atoms with van der Waals surface area (Å²) in [6.45, 7) is 0.713. The zero-order valence-electron chi connectivity index (χ0n) is 11.5. The summed E-state index contributed by atoms with van der Waals surface area (Å²) in [5.41, 5.74) is -0.559. The second kappa shape index (κ2) is 5.44. The number of carbonyl (C=O) groups excluding carboxylic acids is 3. The van der Waals surface area contributed by atoms with E-state index in [9.17, 15) is 14.4 Å². The number of piperidine rings is 1. The molecule has 0 unspecified atom stereocenters. The van der Waals surface area contributed by atoms with Crippen molar-refractivity contribution in [3.05, 3.63) is 33.8 Å². The molecule has 3 rings (SSSR count). The van der Waals surface area contributed by atoms with E-state index in [0.717, 1.165) is 0 Å². The topological polar surface area (TPSA) is 78.5 Å². The number of urea groups is 1. The molecule has 2 aliphatic rings. The summed E-state index contributed by atoms with van der Waals surface area (Å²) in [7, 11) is 0. The molecule has 0 atom stereocenters. The maximum absolute atomic E-state index is 12.5. The van der Waals surface area contributed by atoms with Gasteiger partial charge in [-0.1, -0.05) is 23.2 Å². The van der Waals surface area contributed by atoms with E-state index in [-0.39, 0.29) is 11.8 Å². The van der Waals surface area contributed by atoms with Gasteiger partial charge >= 0.3 is 6.03 Å². The second-order valence-electron chi connectivity index (χ2n) is 5.41. The SMILES string of the molecule is O=C1NC(=O)C2(CCN(C(=O)c3cc(Cl)ccc3Cl)CC2)N1. The number of hydrogen-bond donors (Lipinski definition) is 2. The van der Waals surface area contributed by atoms with Crippen molar-refractivity contribution in [2.24, 2.45) is 0 Å². The highest BCUT2D eigenvalue weighted by Crippen LogP contribution is 2.28. The van der Waals surface area contributed by atoms with Crippen molar-refractivity contribution in [3.8, 4) is 0 Å². The van der Waals surface area contributed by atoms with Gasteiger partial charge in [0.2, 0.25) is 0 Å². The zero-order chi connectivity index (χ0) is 15.9. The van der Waals surface area contributed by atoms with Crippen molar-refractivity contribution in [1.82, 2.24) is 15.5 Å². The Bertz CT molecular complexity index is 669. The lowest BCUT2D eigenvalue weighted by Gasteiger charge is -2.37. The van der Waals surface area contributed by atoms with Crippen LogP contribution in [0.4, 0.5) is 4.79 Å². The van der Waals surface area contributed by atoms with Crippen LogP contribution in [0, 0.1) is 0 Å². The Morgan fingerprint density at radius 2 is 1.86 bits per heavy atom. The summed E-state index contributed by atoms with van der Waals surface area (Å²) in [6, 6.07) is 4.24. The highest BCUT2D eigenvalue weighted by molar-refractivity contribution is 6.35. The summed E-state index contributed by atoms with van der Waals surface area (Å²) in [5, 5.41) is 5.66. The number of hydrogen-bond acceptors (Lipinski definition) is 3. The standard InChI is InChI=1S/C14H13Cl2N3O3/c15-8-1-2-10(16)9(7-8)11(20)19-5-3-14(4-6-19)12(21)17-13(22)18-14/h1-2,7H,3-6H2,(H2,17,18,21,22). The molecule has 8 heteroatoms. The minimum absolute atomic E-state index is 0.230. The van der Waals surface area contributed by atoms with Crippen molar-refractivity contribution < 1.29 is 14.4 Å². The summed E-state index contributed by atoms with van der Waals surface area (Å²) in [5.74, 6) is -0.558. The molecule has 116 valence electrons. The number of likely N-dealkylation sites (tertiary alicyclic amines) is 1. The molecule has 0 aromatic heterocycles. The number of benzene rings is 1. The summed E-state index contributed by atoms with van der Waals surface area (Å²) >= 11 is 11.9. The molecule has 2 heterocycles. The van der Waals surface area contributed by atoms with Crippen LogP contribution >= 0.6 is 23.2 Å². The molecular formula is C14H13Cl2N3O3. The van der Waals surface area contributed by atoms with Gasteiger partial charge in [-0.05, 0) is 31.0 Å². The molecule has 1 spiro atoms. The highest BCUT2D eigenvalue weighted by atomic mass is 35.5. The average Bonchev–Trinajstić information content (AvgIpc) is 2.76. The molecule has 0 radical (unpaired) electrons. The van der Waals surface area contributed by atoms with Crippen LogP contribution in [0.15, 0.2) is 18.2 Å². The van der Waals surface area contributed by atoms with Crippen molar-refractivity contribution in [2.45, 2.75) is 18.4 Å². The van der Waals surface area contributed by atoms with Crippen LogP contribution in [-0.2, 0) is 4.79 Å². The Morgan fingerprint density at radius 1 is 1.18 bits per heavy atom.